The van der Waals surface area contributed by atoms with Crippen LogP contribution in [0, 0.1) is 202 Å². The number of pyridine rings is 4. The van der Waals surface area contributed by atoms with Gasteiger partial charge in [0.2, 0.25) is 0 Å². The Morgan fingerprint density at radius 2 is 0.687 bits per heavy atom. The third kappa shape index (κ3) is 30.6. The van der Waals surface area contributed by atoms with E-state index in [1.165, 1.54) is 37.4 Å². The maximum atomic E-state index is 11.8. The van der Waals surface area contributed by atoms with Crippen molar-refractivity contribution in [1.82, 2.24) is 19.9 Å². The number of hydrogen-bond acceptors (Lipinski definition) is 12. The molecule has 10 aromatic rings. The summed E-state index contributed by atoms with van der Waals surface area (Å²) in [5.74, 6) is -1.32. The Labute approximate surface area is 644 Å². The number of aromatic nitrogens is 4. The number of rotatable bonds is 10. The maximum absolute atomic E-state index is 11.8. The molecule has 0 atom stereocenters. The molecule has 1 radical (unpaired) electrons. The van der Waals surface area contributed by atoms with E-state index in [1.807, 2.05) is 109 Å². The molecular formula is C65H54Ce3GdN4O9Tm. The number of phenols is 1. The van der Waals surface area contributed by atoms with Crippen molar-refractivity contribution in [3.63, 3.8) is 0 Å². The molecule has 18 heteroatoms. The van der Waals surface area contributed by atoms with Crippen LogP contribution in [0.1, 0.15) is 54.8 Å². The van der Waals surface area contributed by atoms with Crippen molar-refractivity contribution in [2.75, 3.05) is 0 Å². The van der Waals surface area contributed by atoms with Gasteiger partial charge in [0.15, 0.2) is 17.3 Å². The number of aromatic hydroxyl groups is 1. The minimum absolute atomic E-state index is 0. The molecule has 0 saturated carbocycles. The Morgan fingerprint density at radius 3 is 1.00 bits per heavy atom. The number of ketones is 3. The molecular weight excluding hydrogens is 1730 g/mol. The van der Waals surface area contributed by atoms with E-state index >= 15 is 0 Å². The molecule has 5 N–H and O–H groups in total. The fraction of sp³-hybridized carbons (Fsp3) is 0.0154. The minimum Gasteiger partial charge on any atom is -0.507 e. The first-order valence-corrected chi connectivity index (χ1v) is 24.0. The van der Waals surface area contributed by atoms with Gasteiger partial charge >= 0.3 is 5.97 Å². The fourth-order valence-corrected chi connectivity index (χ4v) is 6.50. The number of phenolic OH excluding ortho intramolecular Hbond substituents is 1. The number of carbonyl (C=O) groups is 4. The first-order chi connectivity index (χ1) is 37.9. The van der Waals surface area contributed by atoms with Crippen LogP contribution in [0.25, 0.3) is 39.6 Å². The summed E-state index contributed by atoms with van der Waals surface area (Å²) < 4.78 is 0. The molecule has 6 aromatic carbocycles. The minimum atomic E-state index is -0.990. The van der Waals surface area contributed by atoms with Gasteiger partial charge in [0.25, 0.3) is 0 Å². The Bertz CT molecular complexity index is 3390. The first kappa shape index (κ1) is 78.8. The van der Waals surface area contributed by atoms with E-state index in [0.29, 0.717) is 33.3 Å². The van der Waals surface area contributed by atoms with Crippen LogP contribution in [0.2, 0.25) is 0 Å². The molecule has 0 saturated heterocycles. The van der Waals surface area contributed by atoms with Crippen LogP contribution in [-0.4, -0.2) is 68.8 Å². The van der Waals surface area contributed by atoms with E-state index in [1.54, 1.807) is 140 Å². The van der Waals surface area contributed by atoms with Gasteiger partial charge in [-0.2, -0.15) is 0 Å². The number of carboxylic acids is 1. The number of para-hydroxylation sites is 1. The average molecular weight is 1780 g/mol. The Morgan fingerprint density at radius 1 is 0.361 bits per heavy atom. The third-order valence-electron chi connectivity index (χ3n) is 10.3. The smallest absolute Gasteiger partial charge is 0.354 e. The van der Waals surface area contributed by atoms with E-state index in [4.69, 9.17) is 5.11 Å². The fourth-order valence-electron chi connectivity index (χ4n) is 6.50. The Kier molecular flexibility index (Phi) is 43.7. The average Bonchev–Trinajstić information content (AvgIpc) is 3.52. The van der Waals surface area contributed by atoms with E-state index in [2.05, 4.69) is 19.9 Å². The van der Waals surface area contributed by atoms with Crippen molar-refractivity contribution < 1.29 is 247 Å². The van der Waals surface area contributed by atoms with Crippen LogP contribution in [0.5, 0.6) is 5.75 Å². The predicted octanol–water partition coefficient (Wildman–Crippen LogP) is 14.0. The summed E-state index contributed by atoms with van der Waals surface area (Å²) >= 11 is 0. The number of aromatic carboxylic acids is 1. The van der Waals surface area contributed by atoms with Gasteiger partial charge in [-0.05, 0) is 55.5 Å². The van der Waals surface area contributed by atoms with Crippen LogP contribution >= 0.6 is 0 Å². The zero-order valence-corrected chi connectivity index (χ0v) is 57.8. The zero-order chi connectivity index (χ0) is 55.7. The van der Waals surface area contributed by atoms with Crippen molar-refractivity contribution in [3.8, 4) is 17.1 Å². The molecule has 421 valence electrons. The van der Waals surface area contributed by atoms with Gasteiger partial charge in [-0.15, -0.1) is 0 Å². The van der Waals surface area contributed by atoms with Crippen molar-refractivity contribution in [1.29, 1.82) is 0 Å². The number of fused-ring (bicyclic) bond motifs is 1. The SMILES string of the molecule is CC(=O)C=C(O)c1ccccc1.O=C(C=C(O)c1ccccc1)c1ccccc1.O=C(C=C(O)c1ccccc1)c1ccccc1.O=C(O)c1ccccn1.Oc1cccc2cccnc12.[Ce].[Ce].[Ce].[Gd].[Tm].c1ccc(-c2ccccn2)nc1. The van der Waals surface area contributed by atoms with Gasteiger partial charge in [0.05, 0.1) is 11.4 Å². The van der Waals surface area contributed by atoms with Gasteiger partial charge in [-0.1, -0.05) is 188 Å². The normalized spacial score (nSPS) is 9.92. The summed E-state index contributed by atoms with van der Waals surface area (Å²) in [5.41, 5.74) is 5.63. The largest absolute Gasteiger partial charge is 0.507 e. The molecule has 0 fully saturated rings. The molecule has 4 aromatic heterocycles. The molecule has 0 amide bonds. The number of hydrogen-bond donors (Lipinski definition) is 5. The van der Waals surface area contributed by atoms with Crippen LogP contribution in [0.15, 0.2) is 280 Å². The molecule has 0 aliphatic carbocycles. The number of benzene rings is 6. The van der Waals surface area contributed by atoms with E-state index in [9.17, 15) is 39.6 Å². The summed E-state index contributed by atoms with van der Waals surface area (Å²) in [6, 6.07) is 70.1. The van der Waals surface area contributed by atoms with Gasteiger partial charge in [-0.3, -0.25) is 29.3 Å². The van der Waals surface area contributed by atoms with E-state index < -0.39 is 5.97 Å². The van der Waals surface area contributed by atoms with Crippen LogP contribution < -0.4 is 0 Å². The summed E-state index contributed by atoms with van der Waals surface area (Å²) in [6.07, 6.45) is 10.3. The summed E-state index contributed by atoms with van der Waals surface area (Å²) in [7, 11) is 0. The molecule has 10 rings (SSSR count). The van der Waals surface area contributed by atoms with Gasteiger partial charge < -0.3 is 25.5 Å². The molecule has 0 spiro atoms. The van der Waals surface area contributed by atoms with Crippen LogP contribution in [-0.2, 0) is 4.79 Å². The van der Waals surface area contributed by atoms with Gasteiger partial charge in [0.1, 0.15) is 34.2 Å². The molecule has 0 aliphatic rings. The molecule has 0 bridgehead atoms. The van der Waals surface area contributed by atoms with Crippen molar-refractivity contribution in [3.05, 3.63) is 313 Å². The summed E-state index contributed by atoms with van der Waals surface area (Å²) in [5, 5.41) is 47.5. The molecule has 83 heavy (non-hydrogen) atoms. The van der Waals surface area contributed by atoms with Crippen LogP contribution in [0.3, 0.4) is 0 Å². The van der Waals surface area contributed by atoms with Crippen molar-refractivity contribution in [2.24, 2.45) is 0 Å². The Hall–Kier alpha value is -4.23. The van der Waals surface area contributed by atoms with Gasteiger partial charge in [-0.25, -0.2) is 9.78 Å². The standard InChI is InChI=1S/2C15H12O2.C10H8N2.C10H10O2.C9H7NO.C6H5NO2.3Ce.Gd.Tm/c2*16-14(12-7-3-1-4-8-12)11-15(17)13-9-5-2-6-10-13;1-3-7-11-9(5-1)10-6-2-4-8-12-10;1-8(11)7-10(12)9-5-3-2-4-6-9;11-8-5-1-3-7-4-2-6-10-9(7)8;8-6(9)5-3-1-2-4-7-5;;;;;/h2*1-11,16H;1-8H;2-7,12H,1H3;1-6,11H;1-4H,(H,8,9);;;;;. The number of carbonyl (C=O) groups excluding carboxylic acids is 3. The van der Waals surface area contributed by atoms with Crippen LogP contribution in [0.4, 0.5) is 0 Å². The first-order valence-electron chi connectivity index (χ1n) is 24.0. The number of nitrogens with zero attached hydrogens (tertiary/aromatic N) is 4. The number of allylic oxidation sites excluding steroid dienone is 3. The number of aliphatic hydroxyl groups is 3. The predicted molar refractivity (Wildman–Crippen MR) is 305 cm³/mol. The molecule has 4 heterocycles. The quantitative estimate of drug-likeness (QED) is 0.0489. The maximum Gasteiger partial charge on any atom is 0.354 e. The number of carboxylic acid groups (broad SMARTS) is 1. The summed E-state index contributed by atoms with van der Waals surface area (Å²) in [6.45, 7) is 1.40. The molecule has 0 unspecified atom stereocenters. The number of aliphatic hydroxyl groups excluding tert-OH is 3. The zero-order valence-electron chi connectivity index (χ0n) is 44.3. The van der Waals surface area contributed by atoms with E-state index in [-0.39, 0.29) is 248 Å². The Balaban J connectivity index is 0.000000972. The molecule has 13 nitrogen and oxygen atoms in total. The van der Waals surface area contributed by atoms with Crippen molar-refractivity contribution >= 4 is 51.5 Å². The second-order valence-electron chi connectivity index (χ2n) is 16.1. The second kappa shape index (κ2) is 46.0. The topological polar surface area (TPSA) is 221 Å². The van der Waals surface area contributed by atoms with Crippen molar-refractivity contribution in [2.45, 2.75) is 6.92 Å². The molecule has 0 aliphatic heterocycles. The third-order valence-corrected chi connectivity index (χ3v) is 10.3. The van der Waals surface area contributed by atoms with Gasteiger partial charge in [0, 0.05) is 278 Å². The second-order valence-corrected chi connectivity index (χ2v) is 16.1. The monoisotopic (exact) mass is 1780 g/mol. The van der Waals surface area contributed by atoms with E-state index in [0.717, 1.165) is 16.8 Å². The summed E-state index contributed by atoms with van der Waals surface area (Å²) in [4.78, 5) is 60.3.